The number of amides is 1. The summed E-state index contributed by atoms with van der Waals surface area (Å²) in [6, 6.07) is 1.67. The summed E-state index contributed by atoms with van der Waals surface area (Å²) in [4.78, 5) is 27.6. The van der Waals surface area contributed by atoms with Crippen LogP contribution in [0, 0.1) is 6.92 Å². The summed E-state index contributed by atoms with van der Waals surface area (Å²) in [7, 11) is 0. The van der Waals surface area contributed by atoms with E-state index in [0.29, 0.717) is 5.56 Å². The number of nitrogens with zero attached hydrogens (tertiary/aromatic N) is 1. The van der Waals surface area contributed by atoms with E-state index in [-0.39, 0.29) is 18.0 Å². The first-order valence-electron chi connectivity index (χ1n) is 6.37. The highest BCUT2D eigenvalue weighted by atomic mass is 16.6. The van der Waals surface area contributed by atoms with Gasteiger partial charge in [0.15, 0.2) is 0 Å². The number of hydrogen-bond donors (Lipinski definition) is 1. The van der Waals surface area contributed by atoms with Crippen LogP contribution in [0.1, 0.15) is 43.6 Å². The highest BCUT2D eigenvalue weighted by Gasteiger charge is 2.21. The fraction of sp³-hybridized carbons (Fsp3) is 0.500. The van der Waals surface area contributed by atoms with E-state index >= 15 is 0 Å². The molecule has 20 heavy (non-hydrogen) atoms. The van der Waals surface area contributed by atoms with Gasteiger partial charge in [-0.3, -0.25) is 5.32 Å². The lowest BCUT2D eigenvalue weighted by atomic mass is 10.1. The minimum absolute atomic E-state index is 0.137. The molecule has 6 nitrogen and oxygen atoms in total. The molecule has 0 atom stereocenters. The summed E-state index contributed by atoms with van der Waals surface area (Å²) in [5.41, 5.74) is 0.280. The molecule has 1 rings (SSSR count). The van der Waals surface area contributed by atoms with Gasteiger partial charge in [-0.1, -0.05) is 0 Å². The van der Waals surface area contributed by atoms with E-state index in [2.05, 4.69) is 10.3 Å². The predicted molar refractivity (Wildman–Crippen MR) is 74.8 cm³/mol. The fourth-order valence-electron chi connectivity index (χ4n) is 1.51. The van der Waals surface area contributed by atoms with Gasteiger partial charge in [-0.2, -0.15) is 0 Å². The Balaban J connectivity index is 2.98. The van der Waals surface area contributed by atoms with Crippen LogP contribution in [0.5, 0.6) is 0 Å². The molecule has 0 aliphatic rings. The molecule has 1 heterocycles. The second kappa shape index (κ2) is 6.36. The van der Waals surface area contributed by atoms with Crippen molar-refractivity contribution in [2.45, 2.75) is 40.2 Å². The number of carbonyl (C=O) groups is 2. The Morgan fingerprint density at radius 3 is 2.55 bits per heavy atom. The number of carbonyl (C=O) groups excluding carboxylic acids is 2. The molecule has 0 saturated carbocycles. The molecule has 1 aromatic rings. The molecule has 1 aromatic heterocycles. The van der Waals surface area contributed by atoms with Crippen molar-refractivity contribution in [3.63, 3.8) is 0 Å². The molecule has 0 spiro atoms. The first-order chi connectivity index (χ1) is 9.24. The van der Waals surface area contributed by atoms with Crippen molar-refractivity contribution < 1.29 is 19.1 Å². The smallest absolute Gasteiger partial charge is 0.413 e. The minimum Gasteiger partial charge on any atom is -0.462 e. The maximum Gasteiger partial charge on any atom is 0.413 e. The summed E-state index contributed by atoms with van der Waals surface area (Å²) in [6.07, 6.45) is 0.839. The van der Waals surface area contributed by atoms with E-state index < -0.39 is 17.7 Å². The number of aromatic nitrogens is 1. The van der Waals surface area contributed by atoms with Crippen LogP contribution in [0.2, 0.25) is 0 Å². The van der Waals surface area contributed by atoms with Crippen LogP contribution in [0.15, 0.2) is 12.3 Å². The zero-order valence-electron chi connectivity index (χ0n) is 12.4. The molecule has 0 aliphatic carbocycles. The standard InChI is InChI=1S/C14H20N2O4/c1-6-19-12(17)10-9(2)7-8-15-11(10)16-13(18)20-14(3,4)5/h7-8H,6H2,1-5H3,(H,15,16,18). The van der Waals surface area contributed by atoms with Crippen LogP contribution in [0.3, 0.4) is 0 Å². The van der Waals surface area contributed by atoms with Gasteiger partial charge in [0.2, 0.25) is 0 Å². The van der Waals surface area contributed by atoms with E-state index in [9.17, 15) is 9.59 Å². The van der Waals surface area contributed by atoms with Crippen LogP contribution in [0.4, 0.5) is 10.6 Å². The highest BCUT2D eigenvalue weighted by Crippen LogP contribution is 2.19. The Hall–Kier alpha value is -2.11. The lowest BCUT2D eigenvalue weighted by Gasteiger charge is -2.20. The Morgan fingerprint density at radius 1 is 1.35 bits per heavy atom. The molecule has 0 bridgehead atoms. The Morgan fingerprint density at radius 2 is 2.00 bits per heavy atom. The van der Waals surface area contributed by atoms with E-state index in [4.69, 9.17) is 9.47 Å². The van der Waals surface area contributed by atoms with Crippen LogP contribution in [-0.4, -0.2) is 29.3 Å². The predicted octanol–water partition coefficient (Wildman–Crippen LogP) is 2.91. The molecule has 0 fully saturated rings. The second-order valence-corrected chi connectivity index (χ2v) is 5.20. The van der Waals surface area contributed by atoms with E-state index in [1.54, 1.807) is 40.7 Å². The van der Waals surface area contributed by atoms with Crippen LogP contribution in [-0.2, 0) is 9.47 Å². The van der Waals surface area contributed by atoms with Crippen molar-refractivity contribution in [3.8, 4) is 0 Å². The van der Waals surface area contributed by atoms with Gasteiger partial charge in [-0.05, 0) is 46.2 Å². The van der Waals surface area contributed by atoms with Gasteiger partial charge in [0, 0.05) is 6.20 Å². The molecule has 6 heteroatoms. The number of nitrogens with one attached hydrogen (secondary N) is 1. The zero-order valence-corrected chi connectivity index (χ0v) is 12.4. The molecule has 110 valence electrons. The van der Waals surface area contributed by atoms with Crippen molar-refractivity contribution in [3.05, 3.63) is 23.4 Å². The average Bonchev–Trinajstić information content (AvgIpc) is 2.26. The number of pyridine rings is 1. The summed E-state index contributed by atoms with van der Waals surface area (Å²) < 4.78 is 10.1. The van der Waals surface area contributed by atoms with Crippen LogP contribution >= 0.6 is 0 Å². The van der Waals surface area contributed by atoms with Crippen LogP contribution < -0.4 is 5.32 Å². The molecule has 1 amide bonds. The summed E-state index contributed by atoms with van der Waals surface area (Å²) in [6.45, 7) is 8.96. The molecular formula is C14H20N2O4. The maximum absolute atomic E-state index is 11.9. The number of hydrogen-bond acceptors (Lipinski definition) is 5. The van der Waals surface area contributed by atoms with Crippen molar-refractivity contribution in [1.82, 2.24) is 4.98 Å². The molecule has 0 aliphatic heterocycles. The Labute approximate surface area is 118 Å². The normalized spacial score (nSPS) is 10.8. The van der Waals surface area contributed by atoms with Gasteiger partial charge >= 0.3 is 12.1 Å². The summed E-state index contributed by atoms with van der Waals surface area (Å²) >= 11 is 0. The van der Waals surface area contributed by atoms with Crippen molar-refractivity contribution in [1.29, 1.82) is 0 Å². The molecule has 1 N–H and O–H groups in total. The quantitative estimate of drug-likeness (QED) is 0.861. The third-order valence-corrected chi connectivity index (χ3v) is 2.26. The zero-order chi connectivity index (χ0) is 15.3. The van der Waals surface area contributed by atoms with Gasteiger partial charge in [0.25, 0.3) is 0 Å². The highest BCUT2D eigenvalue weighted by molar-refractivity contribution is 5.99. The summed E-state index contributed by atoms with van der Waals surface area (Å²) in [5.74, 6) is -0.387. The molecule has 0 radical (unpaired) electrons. The first-order valence-corrected chi connectivity index (χ1v) is 6.37. The van der Waals surface area contributed by atoms with Gasteiger partial charge in [-0.25, -0.2) is 14.6 Å². The van der Waals surface area contributed by atoms with Gasteiger partial charge < -0.3 is 9.47 Å². The van der Waals surface area contributed by atoms with Gasteiger partial charge in [-0.15, -0.1) is 0 Å². The van der Waals surface area contributed by atoms with Crippen molar-refractivity contribution in [2.75, 3.05) is 11.9 Å². The Kier molecular flexibility index (Phi) is 5.07. The third kappa shape index (κ3) is 4.53. The molecule has 0 unspecified atom stereocenters. The van der Waals surface area contributed by atoms with Crippen LogP contribution in [0.25, 0.3) is 0 Å². The van der Waals surface area contributed by atoms with Gasteiger partial charge in [0.05, 0.1) is 6.61 Å². The molecule has 0 saturated heterocycles. The van der Waals surface area contributed by atoms with E-state index in [1.807, 2.05) is 0 Å². The Bertz CT molecular complexity index is 506. The van der Waals surface area contributed by atoms with E-state index in [1.165, 1.54) is 6.20 Å². The topological polar surface area (TPSA) is 77.5 Å². The summed E-state index contributed by atoms with van der Waals surface area (Å²) in [5, 5.41) is 2.47. The number of anilines is 1. The van der Waals surface area contributed by atoms with E-state index in [0.717, 1.165) is 0 Å². The maximum atomic E-state index is 11.9. The average molecular weight is 280 g/mol. The number of aryl methyl sites for hydroxylation is 1. The lowest BCUT2D eigenvalue weighted by molar-refractivity contribution is 0.0526. The first kappa shape index (κ1) is 15.9. The van der Waals surface area contributed by atoms with Gasteiger partial charge in [0.1, 0.15) is 17.0 Å². The monoisotopic (exact) mass is 280 g/mol. The largest absolute Gasteiger partial charge is 0.462 e. The lowest BCUT2D eigenvalue weighted by Crippen LogP contribution is -2.28. The number of esters is 1. The SMILES string of the molecule is CCOC(=O)c1c(C)ccnc1NC(=O)OC(C)(C)C. The molecule has 0 aromatic carbocycles. The second-order valence-electron chi connectivity index (χ2n) is 5.20. The fourth-order valence-corrected chi connectivity index (χ4v) is 1.51. The third-order valence-electron chi connectivity index (χ3n) is 2.26. The van der Waals surface area contributed by atoms with Crippen molar-refractivity contribution in [2.24, 2.45) is 0 Å². The number of ether oxygens (including phenoxy) is 2. The minimum atomic E-state index is -0.666. The van der Waals surface area contributed by atoms with Crippen molar-refractivity contribution >= 4 is 17.9 Å². The number of rotatable bonds is 3. The molecular weight excluding hydrogens is 260 g/mol.